The van der Waals surface area contributed by atoms with Gasteiger partial charge in [-0.2, -0.15) is 0 Å². The monoisotopic (exact) mass is 166 g/mol. The Morgan fingerprint density at radius 2 is 2.17 bits per heavy atom. The molecular weight excluding hydrogens is 156 g/mol. The highest BCUT2D eigenvalue weighted by Crippen LogP contribution is 2.29. The molecule has 0 aromatic carbocycles. The molecule has 0 N–H and O–H groups in total. The predicted octanol–water partition coefficient (Wildman–Crippen LogP) is 2.37. The predicted molar refractivity (Wildman–Crippen MR) is 46.4 cm³/mol. The summed E-state index contributed by atoms with van der Waals surface area (Å²) in [5.41, 5.74) is -0.364. The van der Waals surface area contributed by atoms with E-state index in [0.717, 1.165) is 0 Å². The van der Waals surface area contributed by atoms with E-state index in [0.29, 0.717) is 5.70 Å². The Bertz CT molecular complexity index is 270. The standard InChI is InChI=1S/C8H10N2O2/c1-6-5-7(9-11)3-4-8(6,2)10-12/h3-6H,1-2H3. The molecule has 0 heterocycles. The number of hydrogen-bond donors (Lipinski definition) is 0. The van der Waals surface area contributed by atoms with Gasteiger partial charge in [0, 0.05) is 5.92 Å². The molecule has 4 heteroatoms. The van der Waals surface area contributed by atoms with Crippen LogP contribution >= 0.6 is 0 Å². The lowest BCUT2D eigenvalue weighted by atomic mass is 9.84. The molecule has 0 saturated carbocycles. The van der Waals surface area contributed by atoms with E-state index in [4.69, 9.17) is 0 Å². The molecule has 1 rings (SSSR count). The Morgan fingerprint density at radius 1 is 1.50 bits per heavy atom. The molecule has 0 fully saturated rings. The van der Waals surface area contributed by atoms with Crippen LogP contribution in [0.4, 0.5) is 0 Å². The van der Waals surface area contributed by atoms with Gasteiger partial charge in [0.2, 0.25) is 0 Å². The van der Waals surface area contributed by atoms with Gasteiger partial charge >= 0.3 is 0 Å². The molecule has 2 unspecified atom stereocenters. The average molecular weight is 166 g/mol. The molecule has 4 nitrogen and oxygen atoms in total. The van der Waals surface area contributed by atoms with Crippen LogP contribution in [0.15, 0.2) is 34.3 Å². The highest BCUT2D eigenvalue weighted by atomic mass is 16.3. The molecule has 0 radical (unpaired) electrons. The third-order valence-corrected chi connectivity index (χ3v) is 2.24. The summed E-state index contributed by atoms with van der Waals surface area (Å²) in [5, 5.41) is 5.78. The summed E-state index contributed by atoms with van der Waals surface area (Å²) in [6, 6.07) is 0. The van der Waals surface area contributed by atoms with Crippen molar-refractivity contribution in [3.05, 3.63) is 33.7 Å². The Morgan fingerprint density at radius 3 is 2.58 bits per heavy atom. The highest BCUT2D eigenvalue weighted by molar-refractivity contribution is 5.29. The van der Waals surface area contributed by atoms with E-state index >= 15 is 0 Å². The van der Waals surface area contributed by atoms with E-state index in [1.807, 2.05) is 6.92 Å². The first-order chi connectivity index (χ1) is 5.62. The van der Waals surface area contributed by atoms with Gasteiger partial charge in [-0.1, -0.05) is 18.2 Å². The number of nitrogens with zero attached hydrogens (tertiary/aromatic N) is 2. The van der Waals surface area contributed by atoms with E-state index in [1.54, 1.807) is 19.1 Å². The lowest BCUT2D eigenvalue weighted by Crippen LogP contribution is -2.28. The van der Waals surface area contributed by atoms with Gasteiger partial charge in [-0.15, -0.1) is 9.81 Å². The van der Waals surface area contributed by atoms with Gasteiger partial charge in [-0.25, -0.2) is 0 Å². The summed E-state index contributed by atoms with van der Waals surface area (Å²) in [6.45, 7) is 3.55. The minimum atomic E-state index is -0.728. The van der Waals surface area contributed by atoms with Crippen LogP contribution in [0, 0.1) is 15.7 Å². The lowest BCUT2D eigenvalue weighted by Gasteiger charge is -2.25. The van der Waals surface area contributed by atoms with Gasteiger partial charge in [0.05, 0.1) is 0 Å². The van der Waals surface area contributed by atoms with Crippen LogP contribution in [0.5, 0.6) is 0 Å². The quantitative estimate of drug-likeness (QED) is 0.591. The zero-order valence-electron chi connectivity index (χ0n) is 7.02. The van der Waals surface area contributed by atoms with Crippen LogP contribution in [-0.4, -0.2) is 5.54 Å². The van der Waals surface area contributed by atoms with E-state index in [1.165, 1.54) is 6.08 Å². The third-order valence-electron chi connectivity index (χ3n) is 2.24. The highest BCUT2D eigenvalue weighted by Gasteiger charge is 2.31. The number of hydrogen-bond acceptors (Lipinski definition) is 4. The summed E-state index contributed by atoms with van der Waals surface area (Å²) in [4.78, 5) is 20.6. The summed E-state index contributed by atoms with van der Waals surface area (Å²) in [7, 11) is 0. The van der Waals surface area contributed by atoms with E-state index in [-0.39, 0.29) is 5.92 Å². The topological polar surface area (TPSA) is 58.9 Å². The van der Waals surface area contributed by atoms with Crippen molar-refractivity contribution in [2.75, 3.05) is 0 Å². The second-order valence-corrected chi connectivity index (χ2v) is 3.12. The number of rotatable bonds is 2. The molecule has 0 saturated heterocycles. The molecule has 64 valence electrons. The molecule has 2 atom stereocenters. The molecule has 1 aliphatic rings. The molecule has 0 aliphatic heterocycles. The molecule has 12 heavy (non-hydrogen) atoms. The summed E-state index contributed by atoms with van der Waals surface area (Å²) in [6.07, 6.45) is 4.78. The van der Waals surface area contributed by atoms with Crippen LogP contribution in [-0.2, 0) is 0 Å². The Balaban J connectivity index is 2.95. The summed E-state index contributed by atoms with van der Waals surface area (Å²) in [5.74, 6) is -0.0762. The van der Waals surface area contributed by atoms with Crippen molar-refractivity contribution in [1.82, 2.24) is 0 Å². The molecule has 0 aromatic heterocycles. The van der Waals surface area contributed by atoms with Gasteiger partial charge in [0.15, 0.2) is 0 Å². The second kappa shape index (κ2) is 2.97. The van der Waals surface area contributed by atoms with Gasteiger partial charge in [0.1, 0.15) is 11.2 Å². The van der Waals surface area contributed by atoms with Crippen LogP contribution in [0.25, 0.3) is 0 Å². The van der Waals surface area contributed by atoms with Crippen LogP contribution in [0.1, 0.15) is 13.8 Å². The van der Waals surface area contributed by atoms with E-state index in [9.17, 15) is 9.81 Å². The fraction of sp³-hybridized carbons (Fsp3) is 0.500. The molecule has 0 spiro atoms. The van der Waals surface area contributed by atoms with Gasteiger partial charge in [-0.05, 0) is 24.3 Å². The van der Waals surface area contributed by atoms with Crippen molar-refractivity contribution < 1.29 is 0 Å². The first kappa shape index (κ1) is 8.77. The van der Waals surface area contributed by atoms with Crippen LogP contribution in [0.2, 0.25) is 0 Å². The number of nitroso groups, excluding NO2 is 2. The van der Waals surface area contributed by atoms with Crippen LogP contribution in [0.3, 0.4) is 0 Å². The fourth-order valence-corrected chi connectivity index (χ4v) is 1.06. The van der Waals surface area contributed by atoms with E-state index in [2.05, 4.69) is 10.4 Å². The number of allylic oxidation sites excluding steroid dienone is 1. The Labute approximate surface area is 70.3 Å². The molecule has 0 amide bonds. The molecule has 0 aromatic rings. The first-order valence-electron chi connectivity index (χ1n) is 3.71. The SMILES string of the molecule is CC1C=C(N=O)C=CC1(C)N=O. The molecule has 0 bridgehead atoms. The smallest absolute Gasteiger partial charge is 0.124 e. The minimum Gasteiger partial charge on any atom is -0.150 e. The van der Waals surface area contributed by atoms with Crippen molar-refractivity contribution >= 4 is 0 Å². The van der Waals surface area contributed by atoms with Gasteiger partial charge < -0.3 is 0 Å². The van der Waals surface area contributed by atoms with Crippen LogP contribution < -0.4 is 0 Å². The zero-order chi connectivity index (χ0) is 9.19. The first-order valence-corrected chi connectivity index (χ1v) is 3.71. The lowest BCUT2D eigenvalue weighted by molar-refractivity contribution is 0.452. The van der Waals surface area contributed by atoms with Crippen molar-refractivity contribution in [1.29, 1.82) is 0 Å². The van der Waals surface area contributed by atoms with Crippen molar-refractivity contribution in [3.8, 4) is 0 Å². The Hall–Kier alpha value is -1.32. The molecular formula is C8H10N2O2. The van der Waals surface area contributed by atoms with Gasteiger partial charge in [0.25, 0.3) is 0 Å². The van der Waals surface area contributed by atoms with Crippen molar-refractivity contribution in [2.24, 2.45) is 16.3 Å². The maximum Gasteiger partial charge on any atom is 0.124 e. The fourth-order valence-electron chi connectivity index (χ4n) is 1.06. The van der Waals surface area contributed by atoms with Gasteiger partial charge in [-0.3, -0.25) is 0 Å². The Kier molecular flexibility index (Phi) is 2.17. The van der Waals surface area contributed by atoms with Crippen molar-refractivity contribution in [2.45, 2.75) is 19.4 Å². The average Bonchev–Trinajstić information content (AvgIpc) is 2.10. The molecule has 1 aliphatic carbocycles. The van der Waals surface area contributed by atoms with Crippen molar-refractivity contribution in [3.63, 3.8) is 0 Å². The third kappa shape index (κ3) is 1.32. The minimum absolute atomic E-state index is 0.0762. The summed E-state index contributed by atoms with van der Waals surface area (Å²) < 4.78 is 0. The van der Waals surface area contributed by atoms with E-state index < -0.39 is 5.54 Å². The normalized spacial score (nSPS) is 34.2. The zero-order valence-corrected chi connectivity index (χ0v) is 7.02. The largest absolute Gasteiger partial charge is 0.150 e. The second-order valence-electron chi connectivity index (χ2n) is 3.12. The maximum atomic E-state index is 10.4. The summed E-state index contributed by atoms with van der Waals surface area (Å²) >= 11 is 0. The maximum absolute atomic E-state index is 10.4.